The molecule has 0 aliphatic rings. The molecule has 0 saturated carbocycles. The van der Waals surface area contributed by atoms with Gasteiger partial charge in [0, 0.05) is 12.6 Å². The van der Waals surface area contributed by atoms with E-state index in [9.17, 15) is 0 Å². The number of nitrogens with two attached hydrogens (primary N) is 1. The molecule has 0 radical (unpaired) electrons. The van der Waals surface area contributed by atoms with Gasteiger partial charge in [0.25, 0.3) is 0 Å². The zero-order valence-electron chi connectivity index (χ0n) is 10.4. The minimum absolute atomic E-state index is 0.0139. The quantitative estimate of drug-likeness (QED) is 0.707. The normalized spacial score (nSPS) is 16.2. The molecule has 0 rings (SSSR count). The van der Waals surface area contributed by atoms with Crippen LogP contribution in [0.1, 0.15) is 41.5 Å². The fourth-order valence-corrected chi connectivity index (χ4v) is 1.59. The average Bonchev–Trinajstić information content (AvgIpc) is 1.96. The third-order valence-electron chi connectivity index (χ3n) is 2.08. The minimum Gasteiger partial charge on any atom is -0.376 e. The summed E-state index contributed by atoms with van der Waals surface area (Å²) in [5, 5.41) is 0. The largest absolute Gasteiger partial charge is 0.376 e. The summed E-state index contributed by atoms with van der Waals surface area (Å²) in [7, 11) is 0. The second-order valence-electron chi connectivity index (χ2n) is 5.06. The molecule has 2 atom stereocenters. The molecule has 14 heavy (non-hydrogen) atoms. The van der Waals surface area contributed by atoms with Crippen molar-refractivity contribution in [2.45, 2.75) is 53.7 Å². The van der Waals surface area contributed by atoms with Gasteiger partial charge in [-0.2, -0.15) is 0 Å². The molecule has 0 spiro atoms. The molecule has 0 bridgehead atoms. The number of ether oxygens (including phenoxy) is 1. The Morgan fingerprint density at radius 3 is 2.14 bits per heavy atom. The summed E-state index contributed by atoms with van der Waals surface area (Å²) in [4.78, 5) is 0. The van der Waals surface area contributed by atoms with Crippen LogP contribution in [-0.4, -0.2) is 18.8 Å². The van der Waals surface area contributed by atoms with Crippen molar-refractivity contribution in [2.24, 2.45) is 11.1 Å². The number of hydrogen-bond donors (Lipinski definition) is 1. The van der Waals surface area contributed by atoms with Gasteiger partial charge in [-0.25, -0.2) is 0 Å². The first-order valence-corrected chi connectivity index (χ1v) is 5.31. The summed E-state index contributed by atoms with van der Waals surface area (Å²) in [5.41, 5.74) is 7.42. The van der Waals surface area contributed by atoms with Crippen LogP contribution in [-0.2, 0) is 4.74 Å². The molecular weight excluding hydrogens is 174 g/mol. The Labute approximate surface area is 88.5 Å². The third kappa shape index (κ3) is 4.77. The lowest BCUT2D eigenvalue weighted by atomic mass is 9.84. The van der Waals surface area contributed by atoms with Gasteiger partial charge in [-0.3, -0.25) is 0 Å². The van der Waals surface area contributed by atoms with E-state index in [1.165, 1.54) is 5.57 Å². The van der Waals surface area contributed by atoms with Crippen molar-refractivity contribution in [3.05, 3.63) is 11.6 Å². The van der Waals surface area contributed by atoms with E-state index in [2.05, 4.69) is 40.7 Å². The summed E-state index contributed by atoms with van der Waals surface area (Å²) in [6, 6.07) is -0.0139. The van der Waals surface area contributed by atoms with Crippen LogP contribution < -0.4 is 5.73 Å². The molecule has 2 N–H and O–H groups in total. The van der Waals surface area contributed by atoms with Gasteiger partial charge >= 0.3 is 0 Å². The fourth-order valence-electron chi connectivity index (χ4n) is 1.59. The van der Waals surface area contributed by atoms with Crippen molar-refractivity contribution < 1.29 is 4.74 Å². The van der Waals surface area contributed by atoms with Gasteiger partial charge in [-0.1, -0.05) is 32.4 Å². The van der Waals surface area contributed by atoms with Crippen LogP contribution >= 0.6 is 0 Å². The number of hydrogen-bond acceptors (Lipinski definition) is 2. The predicted octanol–water partition coefficient (Wildman–Crippen LogP) is 2.73. The van der Waals surface area contributed by atoms with E-state index in [1.54, 1.807) is 0 Å². The fraction of sp³-hybridized carbons (Fsp3) is 0.833. The zero-order chi connectivity index (χ0) is 11.4. The van der Waals surface area contributed by atoms with Gasteiger partial charge in [0.2, 0.25) is 0 Å². The Morgan fingerprint density at radius 1 is 1.36 bits per heavy atom. The first-order chi connectivity index (χ1) is 6.29. The summed E-state index contributed by atoms with van der Waals surface area (Å²) in [6.07, 6.45) is 2.16. The van der Waals surface area contributed by atoms with E-state index in [1.807, 2.05) is 6.92 Å². The monoisotopic (exact) mass is 199 g/mol. The first-order valence-electron chi connectivity index (χ1n) is 5.31. The second kappa shape index (κ2) is 5.52. The molecule has 0 amide bonds. The summed E-state index contributed by atoms with van der Waals surface area (Å²) in [6.45, 7) is 13.3. The maximum atomic E-state index is 6.09. The van der Waals surface area contributed by atoms with E-state index < -0.39 is 0 Å². The van der Waals surface area contributed by atoms with Crippen molar-refractivity contribution in [3.63, 3.8) is 0 Å². The molecule has 0 aliphatic heterocycles. The highest BCUT2D eigenvalue weighted by atomic mass is 16.5. The lowest BCUT2D eigenvalue weighted by Crippen LogP contribution is -2.44. The van der Waals surface area contributed by atoms with Crippen LogP contribution in [0.3, 0.4) is 0 Å². The van der Waals surface area contributed by atoms with Crippen molar-refractivity contribution in [1.29, 1.82) is 0 Å². The maximum Gasteiger partial charge on any atom is 0.0809 e. The molecule has 0 fully saturated rings. The summed E-state index contributed by atoms with van der Waals surface area (Å²) < 4.78 is 5.70. The van der Waals surface area contributed by atoms with E-state index >= 15 is 0 Å². The molecule has 0 aromatic heterocycles. The van der Waals surface area contributed by atoms with Crippen LogP contribution in [0.25, 0.3) is 0 Å². The highest BCUT2D eigenvalue weighted by Crippen LogP contribution is 2.25. The average molecular weight is 199 g/mol. The van der Waals surface area contributed by atoms with Gasteiger partial charge in [-0.15, -0.1) is 0 Å². The van der Waals surface area contributed by atoms with Gasteiger partial charge in [0.1, 0.15) is 0 Å². The van der Waals surface area contributed by atoms with Crippen LogP contribution in [0, 0.1) is 5.41 Å². The van der Waals surface area contributed by atoms with Crippen LogP contribution in [0.5, 0.6) is 0 Å². The maximum absolute atomic E-state index is 6.09. The Bertz CT molecular complexity index is 187. The van der Waals surface area contributed by atoms with Gasteiger partial charge < -0.3 is 10.5 Å². The molecule has 0 aliphatic carbocycles. The molecule has 0 aromatic rings. The lowest BCUT2D eigenvalue weighted by Gasteiger charge is -2.33. The molecule has 2 unspecified atom stereocenters. The van der Waals surface area contributed by atoms with Gasteiger partial charge in [0.15, 0.2) is 0 Å². The van der Waals surface area contributed by atoms with E-state index in [0.29, 0.717) is 6.61 Å². The molecule has 0 aromatic carbocycles. The smallest absolute Gasteiger partial charge is 0.0809 e. The number of rotatable bonds is 4. The van der Waals surface area contributed by atoms with Crippen molar-refractivity contribution in [3.8, 4) is 0 Å². The molecule has 0 saturated heterocycles. The Balaban J connectivity index is 4.57. The summed E-state index contributed by atoms with van der Waals surface area (Å²) in [5.74, 6) is 0. The summed E-state index contributed by atoms with van der Waals surface area (Å²) >= 11 is 0. The van der Waals surface area contributed by atoms with E-state index in [0.717, 1.165) is 0 Å². The van der Waals surface area contributed by atoms with E-state index in [-0.39, 0.29) is 17.6 Å². The zero-order valence-corrected chi connectivity index (χ0v) is 10.4. The Kier molecular flexibility index (Phi) is 5.38. The van der Waals surface area contributed by atoms with E-state index in [4.69, 9.17) is 10.5 Å². The molecular formula is C12H25NO. The lowest BCUT2D eigenvalue weighted by molar-refractivity contribution is -0.0186. The predicted molar refractivity (Wildman–Crippen MR) is 62.3 cm³/mol. The molecule has 0 heterocycles. The standard InChI is InChI=1S/C12H25NO/c1-7-14-11(12(4,5)6)10(13)8-9(2)3/h8,10-11H,7,13H2,1-6H3. The number of allylic oxidation sites excluding steroid dienone is 1. The van der Waals surface area contributed by atoms with Crippen molar-refractivity contribution in [1.82, 2.24) is 0 Å². The van der Waals surface area contributed by atoms with Crippen LogP contribution in [0.15, 0.2) is 11.6 Å². The third-order valence-corrected chi connectivity index (χ3v) is 2.08. The van der Waals surface area contributed by atoms with Crippen molar-refractivity contribution in [2.75, 3.05) is 6.61 Å². The van der Waals surface area contributed by atoms with Gasteiger partial charge in [0.05, 0.1) is 6.10 Å². The van der Waals surface area contributed by atoms with Gasteiger partial charge in [-0.05, 0) is 26.2 Å². The van der Waals surface area contributed by atoms with Crippen molar-refractivity contribution >= 4 is 0 Å². The molecule has 2 heteroatoms. The molecule has 84 valence electrons. The van der Waals surface area contributed by atoms with Crippen LogP contribution in [0.4, 0.5) is 0 Å². The topological polar surface area (TPSA) is 35.2 Å². The Hall–Kier alpha value is -0.340. The SMILES string of the molecule is CCOC(C(N)C=C(C)C)C(C)(C)C. The first kappa shape index (κ1) is 13.7. The highest BCUT2D eigenvalue weighted by Gasteiger charge is 2.29. The second-order valence-corrected chi connectivity index (χ2v) is 5.06. The molecule has 2 nitrogen and oxygen atoms in total. The van der Waals surface area contributed by atoms with Crippen LogP contribution in [0.2, 0.25) is 0 Å². The Morgan fingerprint density at radius 2 is 1.86 bits per heavy atom. The highest BCUT2D eigenvalue weighted by molar-refractivity contribution is 5.04. The minimum atomic E-state index is -0.0139.